The Morgan fingerprint density at radius 2 is 1.95 bits per heavy atom. The minimum absolute atomic E-state index is 0.0432. The molecule has 1 fully saturated rings. The predicted molar refractivity (Wildman–Crippen MR) is 159 cm³/mol. The third-order valence-electron chi connectivity index (χ3n) is 7.08. The maximum atomic E-state index is 6.38. The highest BCUT2D eigenvalue weighted by molar-refractivity contribution is 5.57. The van der Waals surface area contributed by atoms with Crippen LogP contribution in [0.15, 0.2) is 42.7 Å². The van der Waals surface area contributed by atoms with Gasteiger partial charge in [0.05, 0.1) is 45.4 Å². The minimum atomic E-state index is -0.166. The number of methoxy groups -OCH3 is 1. The van der Waals surface area contributed by atoms with Gasteiger partial charge in [0.2, 0.25) is 0 Å². The number of para-hydroxylation sites is 2. The first kappa shape index (κ1) is 29.7. The van der Waals surface area contributed by atoms with Gasteiger partial charge >= 0.3 is 0 Å². The molecule has 2 N–H and O–H groups in total. The van der Waals surface area contributed by atoms with Crippen LogP contribution in [-0.2, 0) is 14.9 Å². The number of benzene rings is 1. The fraction of sp³-hybridized carbons (Fsp3) is 0.548. The van der Waals surface area contributed by atoms with Crippen LogP contribution >= 0.6 is 0 Å². The summed E-state index contributed by atoms with van der Waals surface area (Å²) in [4.78, 5) is 15.2. The number of ether oxygens (including phenoxy) is 4. The fourth-order valence-electron chi connectivity index (χ4n) is 5.05. The first-order valence-corrected chi connectivity index (χ1v) is 14.3. The van der Waals surface area contributed by atoms with E-state index in [2.05, 4.69) is 53.9 Å². The van der Waals surface area contributed by atoms with E-state index in [1.807, 2.05) is 37.4 Å². The molecule has 1 atom stereocenters. The number of nitrogens with zero attached hydrogens (tertiary/aromatic N) is 3. The third-order valence-corrected chi connectivity index (χ3v) is 7.08. The summed E-state index contributed by atoms with van der Waals surface area (Å²) in [6.07, 6.45) is 5.62. The molecule has 0 unspecified atom stereocenters. The summed E-state index contributed by atoms with van der Waals surface area (Å²) in [6.45, 7) is 14.8. The quantitative estimate of drug-likeness (QED) is 0.234. The number of H-pyrrole nitrogens is 1. The van der Waals surface area contributed by atoms with Crippen LogP contribution in [0.4, 0.5) is 17.5 Å². The number of hydrogen-bond donors (Lipinski definition) is 2. The highest BCUT2D eigenvalue weighted by Gasteiger charge is 2.28. The van der Waals surface area contributed by atoms with Crippen LogP contribution in [0.5, 0.6) is 11.5 Å². The van der Waals surface area contributed by atoms with Crippen molar-refractivity contribution in [1.82, 2.24) is 15.0 Å². The summed E-state index contributed by atoms with van der Waals surface area (Å²) in [6, 6.07) is 10.0. The molecule has 0 saturated carbocycles. The van der Waals surface area contributed by atoms with Gasteiger partial charge in [0.25, 0.3) is 0 Å². The molecule has 1 aliphatic heterocycles. The zero-order valence-corrected chi connectivity index (χ0v) is 24.8. The van der Waals surface area contributed by atoms with Crippen molar-refractivity contribution in [1.29, 1.82) is 0 Å². The zero-order chi connectivity index (χ0) is 28.5. The van der Waals surface area contributed by atoms with E-state index in [9.17, 15) is 0 Å². The fourth-order valence-corrected chi connectivity index (χ4v) is 5.05. The van der Waals surface area contributed by atoms with Gasteiger partial charge in [-0.05, 0) is 49.4 Å². The lowest BCUT2D eigenvalue weighted by atomic mass is 9.83. The minimum Gasteiger partial charge on any atom is -0.490 e. The molecular weight excluding hydrogens is 506 g/mol. The average Bonchev–Trinajstić information content (AvgIpc) is 3.38. The van der Waals surface area contributed by atoms with Crippen LogP contribution in [0.25, 0.3) is 0 Å². The molecule has 3 aromatic rings. The van der Waals surface area contributed by atoms with Crippen molar-refractivity contribution < 1.29 is 18.9 Å². The summed E-state index contributed by atoms with van der Waals surface area (Å²) in [7, 11) is 1.69. The van der Waals surface area contributed by atoms with E-state index in [4.69, 9.17) is 23.9 Å². The second kappa shape index (κ2) is 13.9. The molecule has 3 heterocycles. The predicted octanol–water partition coefficient (Wildman–Crippen LogP) is 6.06. The normalized spacial score (nSPS) is 15.9. The van der Waals surface area contributed by atoms with Crippen molar-refractivity contribution >= 4 is 17.5 Å². The maximum Gasteiger partial charge on any atom is 0.161 e. The molecule has 1 aliphatic rings. The second-order valence-electron chi connectivity index (χ2n) is 11.2. The molecule has 0 radical (unpaired) electrons. The number of aromatic nitrogens is 3. The molecule has 0 aliphatic carbocycles. The van der Waals surface area contributed by atoms with Gasteiger partial charge in [0.1, 0.15) is 17.7 Å². The van der Waals surface area contributed by atoms with Crippen LogP contribution in [0, 0.1) is 0 Å². The van der Waals surface area contributed by atoms with Gasteiger partial charge in [-0.25, -0.2) is 4.98 Å². The van der Waals surface area contributed by atoms with E-state index in [0.717, 1.165) is 49.1 Å². The standard InChI is InChI=1S/C31H45N5O4/c1-7-39-25-12-8-9-13-26(25)40-23-11-10-14-36(20-23)29-19-32-18-28(34-29)33-27-17-24(30(35-27)22(2)3)31(4,5)21-38-16-15-37-6/h8-9,12-13,17-19,22-23,35H,7,10-11,14-16,20-21H2,1-6H3,(H,33,34)/t23-/m1/s1. The zero-order valence-electron chi connectivity index (χ0n) is 24.8. The molecule has 0 bridgehead atoms. The average molecular weight is 552 g/mol. The Labute approximate surface area is 238 Å². The van der Waals surface area contributed by atoms with Crippen LogP contribution in [0.2, 0.25) is 0 Å². The Morgan fingerprint density at radius 1 is 1.15 bits per heavy atom. The van der Waals surface area contributed by atoms with E-state index in [1.165, 1.54) is 11.3 Å². The number of rotatable bonds is 14. The van der Waals surface area contributed by atoms with Gasteiger partial charge in [-0.2, -0.15) is 0 Å². The van der Waals surface area contributed by atoms with E-state index >= 15 is 0 Å². The Morgan fingerprint density at radius 3 is 2.70 bits per heavy atom. The van der Waals surface area contributed by atoms with Crippen molar-refractivity contribution in [3.63, 3.8) is 0 Å². The topological polar surface area (TPSA) is 93.8 Å². The molecule has 4 rings (SSSR count). The summed E-state index contributed by atoms with van der Waals surface area (Å²) in [5.74, 6) is 4.32. The van der Waals surface area contributed by atoms with Gasteiger partial charge in [-0.3, -0.25) is 4.98 Å². The summed E-state index contributed by atoms with van der Waals surface area (Å²) >= 11 is 0. The molecule has 9 heteroatoms. The maximum absolute atomic E-state index is 6.38. The molecule has 218 valence electrons. The number of piperidine rings is 1. The van der Waals surface area contributed by atoms with Gasteiger partial charge < -0.3 is 34.1 Å². The number of nitrogens with one attached hydrogen (secondary N) is 2. The Bertz CT molecular complexity index is 1210. The van der Waals surface area contributed by atoms with Gasteiger partial charge in [-0.15, -0.1) is 0 Å². The van der Waals surface area contributed by atoms with E-state index in [1.54, 1.807) is 13.3 Å². The van der Waals surface area contributed by atoms with Crippen LogP contribution < -0.4 is 19.7 Å². The Balaban J connectivity index is 1.45. The lowest BCUT2D eigenvalue weighted by Gasteiger charge is -2.33. The SMILES string of the molecule is CCOc1ccccc1O[C@@H]1CCCN(c2cncc(Nc3cc(C(C)(C)COCCOC)c(C(C)C)[nH]3)n2)C1. The summed E-state index contributed by atoms with van der Waals surface area (Å²) < 4.78 is 23.2. The summed E-state index contributed by atoms with van der Waals surface area (Å²) in [5.41, 5.74) is 2.26. The Hall–Kier alpha value is -3.30. The largest absolute Gasteiger partial charge is 0.490 e. The van der Waals surface area contributed by atoms with Crippen LogP contribution in [-0.4, -0.2) is 67.7 Å². The number of aromatic amines is 1. The van der Waals surface area contributed by atoms with Crippen LogP contribution in [0.1, 0.15) is 64.6 Å². The highest BCUT2D eigenvalue weighted by Crippen LogP contribution is 2.34. The second-order valence-corrected chi connectivity index (χ2v) is 11.2. The molecule has 0 amide bonds. The lowest BCUT2D eigenvalue weighted by molar-refractivity contribution is 0.0483. The smallest absolute Gasteiger partial charge is 0.161 e. The monoisotopic (exact) mass is 551 g/mol. The van der Waals surface area contributed by atoms with E-state index in [-0.39, 0.29) is 11.5 Å². The van der Waals surface area contributed by atoms with Crippen molar-refractivity contribution in [2.75, 3.05) is 56.8 Å². The third kappa shape index (κ3) is 7.67. The van der Waals surface area contributed by atoms with Crippen molar-refractivity contribution in [3.8, 4) is 11.5 Å². The van der Waals surface area contributed by atoms with Crippen LogP contribution in [0.3, 0.4) is 0 Å². The van der Waals surface area contributed by atoms with Crippen molar-refractivity contribution in [2.45, 2.75) is 64.9 Å². The van der Waals surface area contributed by atoms with E-state index < -0.39 is 0 Å². The van der Waals surface area contributed by atoms with Gasteiger partial charge in [0, 0.05) is 24.8 Å². The van der Waals surface area contributed by atoms with Crippen molar-refractivity contribution in [2.24, 2.45) is 0 Å². The van der Waals surface area contributed by atoms with E-state index in [0.29, 0.717) is 38.2 Å². The lowest BCUT2D eigenvalue weighted by Crippen LogP contribution is -2.41. The molecule has 9 nitrogen and oxygen atoms in total. The van der Waals surface area contributed by atoms with Gasteiger partial charge in [-0.1, -0.05) is 39.8 Å². The first-order chi connectivity index (χ1) is 19.3. The molecule has 0 spiro atoms. The summed E-state index contributed by atoms with van der Waals surface area (Å²) in [5, 5.41) is 3.46. The molecule has 2 aromatic heterocycles. The highest BCUT2D eigenvalue weighted by atomic mass is 16.5. The Kier molecular flexibility index (Phi) is 10.3. The molecule has 1 saturated heterocycles. The molecular formula is C31H45N5O4. The van der Waals surface area contributed by atoms with Crippen molar-refractivity contribution in [3.05, 3.63) is 54.0 Å². The number of hydrogen-bond acceptors (Lipinski definition) is 8. The molecule has 40 heavy (non-hydrogen) atoms. The first-order valence-electron chi connectivity index (χ1n) is 14.3. The number of anilines is 3. The van der Waals surface area contributed by atoms with Gasteiger partial charge in [0.15, 0.2) is 17.3 Å². The molecule has 1 aromatic carbocycles.